The maximum Gasteiger partial charge on any atom is 0.345 e. The van der Waals surface area contributed by atoms with Crippen LogP contribution in [0.1, 0.15) is 5.56 Å². The summed E-state index contributed by atoms with van der Waals surface area (Å²) >= 11 is 0. The summed E-state index contributed by atoms with van der Waals surface area (Å²) in [5.74, 6) is -0.119. The molecule has 30 heavy (non-hydrogen) atoms. The summed E-state index contributed by atoms with van der Waals surface area (Å²) < 4.78 is 42.9. The molecule has 0 bridgehead atoms. The number of benzene rings is 2. The Morgan fingerprint density at radius 2 is 1.87 bits per heavy atom. The highest BCUT2D eigenvalue weighted by Gasteiger charge is 2.20. The van der Waals surface area contributed by atoms with Crippen LogP contribution in [0.3, 0.4) is 0 Å². The number of non-ortho nitro benzene ring substituents is 1. The number of nitro benzene ring substituents is 1. The highest BCUT2D eigenvalue weighted by Crippen LogP contribution is 2.21. The first-order valence-corrected chi connectivity index (χ1v) is 10.2. The van der Waals surface area contributed by atoms with E-state index in [-0.39, 0.29) is 23.7 Å². The average molecular weight is 435 g/mol. The van der Waals surface area contributed by atoms with Gasteiger partial charge < -0.3 is 0 Å². The Balaban J connectivity index is 1.78. The number of nitrogens with zero attached hydrogens (tertiary/aromatic N) is 4. The maximum atomic E-state index is 13.1. The number of halogens is 1. The minimum Gasteiger partial charge on any atom is -0.278 e. The molecule has 3 aromatic rings. The topological polar surface area (TPSA) is 129 Å². The molecule has 0 unspecified atom stereocenters. The van der Waals surface area contributed by atoms with Crippen molar-refractivity contribution in [1.82, 2.24) is 19.1 Å². The van der Waals surface area contributed by atoms with E-state index >= 15 is 0 Å². The molecular weight excluding hydrogens is 417 g/mol. The van der Waals surface area contributed by atoms with E-state index in [9.17, 15) is 27.7 Å². The molecule has 3 rings (SSSR count). The Hall–Kier alpha value is -3.38. The van der Waals surface area contributed by atoms with Gasteiger partial charge in [-0.15, -0.1) is 5.10 Å². The molecule has 1 heterocycles. The Labute approximate surface area is 170 Å². The fourth-order valence-corrected chi connectivity index (χ4v) is 4.12. The minimum atomic E-state index is -4.04. The zero-order valence-electron chi connectivity index (χ0n) is 16.1. The van der Waals surface area contributed by atoms with Gasteiger partial charge in [0.15, 0.2) is 5.82 Å². The van der Waals surface area contributed by atoms with Crippen molar-refractivity contribution in [2.24, 2.45) is 7.05 Å². The van der Waals surface area contributed by atoms with Crippen molar-refractivity contribution in [1.29, 1.82) is 0 Å². The van der Waals surface area contributed by atoms with Gasteiger partial charge in [-0.05, 0) is 36.8 Å². The fraction of sp³-hybridized carbons (Fsp3) is 0.222. The van der Waals surface area contributed by atoms with Crippen LogP contribution in [-0.4, -0.2) is 34.2 Å². The molecule has 1 N–H and O–H groups in total. The lowest BCUT2D eigenvalue weighted by Crippen LogP contribution is -2.32. The molecular formula is C18H18FN5O5S. The summed E-state index contributed by atoms with van der Waals surface area (Å²) in [5.41, 5.74) is 0.0650. The molecule has 158 valence electrons. The van der Waals surface area contributed by atoms with Gasteiger partial charge in [0.1, 0.15) is 5.82 Å². The first-order chi connectivity index (χ1) is 14.1. The van der Waals surface area contributed by atoms with Gasteiger partial charge in [0.25, 0.3) is 5.69 Å². The van der Waals surface area contributed by atoms with Gasteiger partial charge in [0.2, 0.25) is 10.0 Å². The second-order valence-corrected chi connectivity index (χ2v) is 8.24. The molecule has 0 aliphatic carbocycles. The molecule has 0 saturated heterocycles. The van der Waals surface area contributed by atoms with Crippen LogP contribution in [0.15, 0.2) is 52.2 Å². The molecule has 0 radical (unpaired) electrons. The van der Waals surface area contributed by atoms with E-state index in [1.54, 1.807) is 0 Å². The first kappa shape index (κ1) is 21.3. The third-order valence-electron chi connectivity index (χ3n) is 4.43. The second-order valence-electron chi connectivity index (χ2n) is 6.50. The quantitative estimate of drug-likeness (QED) is 0.443. The molecule has 0 aliphatic rings. The number of nitrogens with one attached hydrogen (secondary N) is 1. The van der Waals surface area contributed by atoms with Gasteiger partial charge in [-0.3, -0.25) is 14.7 Å². The normalized spacial score (nSPS) is 11.6. The van der Waals surface area contributed by atoms with E-state index in [4.69, 9.17) is 0 Å². The van der Waals surface area contributed by atoms with Gasteiger partial charge in [-0.2, -0.15) is 0 Å². The Kier molecular flexibility index (Phi) is 5.80. The summed E-state index contributed by atoms with van der Waals surface area (Å²) in [6, 6.07) is 9.01. The van der Waals surface area contributed by atoms with Crippen LogP contribution in [0.2, 0.25) is 0 Å². The standard InChI is InChI=1S/C18H18FN5O5S/c1-12-3-8-15(24(26)27)11-16(12)30(28,29)20-9-10-23-18(25)22(2)17(21-23)13-4-6-14(19)7-5-13/h3-8,11,20H,9-10H2,1-2H3. The molecule has 0 atom stereocenters. The number of rotatable bonds is 7. The van der Waals surface area contributed by atoms with Crippen LogP contribution in [0.25, 0.3) is 11.4 Å². The van der Waals surface area contributed by atoms with Crippen LogP contribution in [0, 0.1) is 22.9 Å². The van der Waals surface area contributed by atoms with E-state index in [0.717, 1.165) is 10.7 Å². The number of sulfonamides is 1. The molecule has 2 aromatic carbocycles. The monoisotopic (exact) mass is 435 g/mol. The lowest BCUT2D eigenvalue weighted by molar-refractivity contribution is -0.385. The predicted molar refractivity (Wildman–Crippen MR) is 106 cm³/mol. The summed E-state index contributed by atoms with van der Waals surface area (Å²) in [6.07, 6.45) is 0. The molecule has 0 saturated carbocycles. The van der Waals surface area contributed by atoms with Crippen molar-refractivity contribution in [2.45, 2.75) is 18.4 Å². The number of hydrogen-bond acceptors (Lipinski definition) is 6. The first-order valence-electron chi connectivity index (χ1n) is 8.74. The van der Waals surface area contributed by atoms with Gasteiger partial charge in [0, 0.05) is 31.3 Å². The molecule has 0 spiro atoms. The van der Waals surface area contributed by atoms with Crippen molar-refractivity contribution in [3.8, 4) is 11.4 Å². The third kappa shape index (κ3) is 4.28. The molecule has 0 amide bonds. The van der Waals surface area contributed by atoms with Crippen molar-refractivity contribution < 1.29 is 17.7 Å². The van der Waals surface area contributed by atoms with Crippen LogP contribution in [0.4, 0.5) is 10.1 Å². The van der Waals surface area contributed by atoms with Crippen LogP contribution < -0.4 is 10.4 Å². The van der Waals surface area contributed by atoms with Gasteiger partial charge >= 0.3 is 5.69 Å². The van der Waals surface area contributed by atoms with Crippen molar-refractivity contribution in [3.63, 3.8) is 0 Å². The van der Waals surface area contributed by atoms with Gasteiger partial charge in [-0.25, -0.2) is 27.0 Å². The molecule has 1 aromatic heterocycles. The van der Waals surface area contributed by atoms with E-state index in [0.29, 0.717) is 17.0 Å². The molecule has 12 heteroatoms. The number of hydrogen-bond donors (Lipinski definition) is 1. The number of aromatic nitrogens is 3. The van der Waals surface area contributed by atoms with Gasteiger partial charge in [-0.1, -0.05) is 6.07 Å². The second kappa shape index (κ2) is 8.16. The Morgan fingerprint density at radius 3 is 2.50 bits per heavy atom. The van der Waals surface area contributed by atoms with E-state index < -0.39 is 26.5 Å². The average Bonchev–Trinajstić information content (AvgIpc) is 2.97. The Bertz CT molecular complexity index is 1270. The Morgan fingerprint density at radius 1 is 1.20 bits per heavy atom. The van der Waals surface area contributed by atoms with Crippen molar-refractivity contribution >= 4 is 15.7 Å². The van der Waals surface area contributed by atoms with Crippen molar-refractivity contribution in [3.05, 3.63) is 74.4 Å². The summed E-state index contributed by atoms with van der Waals surface area (Å²) in [6.45, 7) is 1.29. The van der Waals surface area contributed by atoms with Crippen LogP contribution >= 0.6 is 0 Å². The molecule has 10 nitrogen and oxygen atoms in total. The smallest absolute Gasteiger partial charge is 0.278 e. The minimum absolute atomic E-state index is 0.0684. The maximum absolute atomic E-state index is 13.1. The van der Waals surface area contributed by atoms with E-state index in [2.05, 4.69) is 9.82 Å². The lowest BCUT2D eigenvalue weighted by atomic mass is 10.2. The molecule has 0 fully saturated rings. The zero-order chi connectivity index (χ0) is 22.1. The predicted octanol–water partition coefficient (Wildman–Crippen LogP) is 1.58. The van der Waals surface area contributed by atoms with Crippen molar-refractivity contribution in [2.75, 3.05) is 6.54 Å². The highest BCUT2D eigenvalue weighted by atomic mass is 32.2. The number of nitro groups is 1. The zero-order valence-corrected chi connectivity index (χ0v) is 16.9. The highest BCUT2D eigenvalue weighted by molar-refractivity contribution is 7.89. The van der Waals surface area contributed by atoms with E-state index in [1.165, 1.54) is 54.9 Å². The van der Waals surface area contributed by atoms with Crippen LogP contribution in [-0.2, 0) is 23.6 Å². The lowest BCUT2D eigenvalue weighted by Gasteiger charge is -2.09. The fourth-order valence-electron chi connectivity index (χ4n) is 2.84. The largest absolute Gasteiger partial charge is 0.345 e. The number of aryl methyl sites for hydroxylation is 1. The van der Waals surface area contributed by atoms with Crippen LogP contribution in [0.5, 0.6) is 0 Å². The summed E-state index contributed by atoms with van der Waals surface area (Å²) in [7, 11) is -2.54. The van der Waals surface area contributed by atoms with Gasteiger partial charge in [0.05, 0.1) is 16.4 Å². The third-order valence-corrected chi connectivity index (χ3v) is 6.03. The summed E-state index contributed by atoms with van der Waals surface area (Å²) in [4.78, 5) is 22.4. The molecule has 0 aliphatic heterocycles. The summed E-state index contributed by atoms with van der Waals surface area (Å²) in [5, 5.41) is 15.1. The van der Waals surface area contributed by atoms with E-state index in [1.807, 2.05) is 0 Å². The SMILES string of the molecule is Cc1ccc([N+](=O)[O-])cc1S(=O)(=O)NCCn1nc(-c2ccc(F)cc2)n(C)c1=O.